The fourth-order valence-corrected chi connectivity index (χ4v) is 2.10. The highest BCUT2D eigenvalue weighted by Crippen LogP contribution is 2.46. The topological polar surface area (TPSA) is 0 Å². The molecule has 0 nitrogen and oxygen atoms in total. The van der Waals surface area contributed by atoms with Crippen LogP contribution < -0.4 is 0 Å². The molecule has 0 aromatic rings. The molecule has 74 valence electrons. The third kappa shape index (κ3) is 3.02. The molecule has 0 bridgehead atoms. The molecule has 0 heterocycles. The summed E-state index contributed by atoms with van der Waals surface area (Å²) in [4.78, 5) is 0. The van der Waals surface area contributed by atoms with Crippen molar-refractivity contribution in [2.24, 2.45) is 5.41 Å². The molecule has 0 aliphatic heterocycles. The van der Waals surface area contributed by atoms with E-state index in [9.17, 15) is 0 Å². The van der Waals surface area contributed by atoms with Crippen molar-refractivity contribution in [3.63, 3.8) is 0 Å². The molecule has 0 aromatic carbocycles. The average Bonchev–Trinajstić information content (AvgIpc) is 2.08. The molecule has 0 atom stereocenters. The Morgan fingerprint density at radius 1 is 1.38 bits per heavy atom. The third-order valence-electron chi connectivity index (χ3n) is 3.14. The molecule has 0 radical (unpaired) electrons. The van der Waals surface area contributed by atoms with Gasteiger partial charge in [0.15, 0.2) is 0 Å². The van der Waals surface area contributed by atoms with E-state index in [0.717, 1.165) is 0 Å². The van der Waals surface area contributed by atoms with Crippen LogP contribution >= 0.6 is 0 Å². The average molecular weight is 178 g/mol. The Morgan fingerprint density at radius 2 is 2.15 bits per heavy atom. The summed E-state index contributed by atoms with van der Waals surface area (Å²) >= 11 is 0. The van der Waals surface area contributed by atoms with Crippen LogP contribution in [0.2, 0.25) is 0 Å². The van der Waals surface area contributed by atoms with Crippen LogP contribution in [-0.4, -0.2) is 0 Å². The zero-order valence-electron chi connectivity index (χ0n) is 8.89. The first-order chi connectivity index (χ1) is 6.33. The second-order valence-corrected chi connectivity index (χ2v) is 4.21. The van der Waals surface area contributed by atoms with Gasteiger partial charge in [-0.1, -0.05) is 31.6 Å². The van der Waals surface area contributed by atoms with Crippen LogP contribution in [0.15, 0.2) is 24.8 Å². The van der Waals surface area contributed by atoms with Gasteiger partial charge in [0.2, 0.25) is 0 Å². The Morgan fingerprint density at radius 3 is 2.62 bits per heavy atom. The Balaban J connectivity index is 2.31. The molecule has 1 saturated carbocycles. The summed E-state index contributed by atoms with van der Waals surface area (Å²) in [5, 5.41) is 0. The molecule has 0 amide bonds. The van der Waals surface area contributed by atoms with Gasteiger partial charge in [0.05, 0.1) is 0 Å². The van der Waals surface area contributed by atoms with Gasteiger partial charge >= 0.3 is 0 Å². The minimum Gasteiger partial charge on any atom is -0.103 e. The number of unbranched alkanes of at least 4 members (excludes halogenated alkanes) is 1. The fourth-order valence-electron chi connectivity index (χ4n) is 2.10. The van der Waals surface area contributed by atoms with E-state index in [2.05, 4.69) is 25.7 Å². The van der Waals surface area contributed by atoms with Gasteiger partial charge in [-0.05, 0) is 43.9 Å². The largest absolute Gasteiger partial charge is 0.103 e. The summed E-state index contributed by atoms with van der Waals surface area (Å²) in [6.45, 7) is 5.98. The molecular formula is C13H22. The lowest BCUT2D eigenvalue weighted by Gasteiger charge is -2.39. The van der Waals surface area contributed by atoms with Crippen molar-refractivity contribution in [3.8, 4) is 0 Å². The maximum absolute atomic E-state index is 3.77. The van der Waals surface area contributed by atoms with Crippen LogP contribution in [0.4, 0.5) is 0 Å². The lowest BCUT2D eigenvalue weighted by molar-refractivity contribution is 0.183. The van der Waals surface area contributed by atoms with Crippen molar-refractivity contribution in [1.82, 2.24) is 0 Å². The predicted octanol–water partition coefficient (Wildman–Crippen LogP) is 4.48. The minimum absolute atomic E-state index is 0.596. The zero-order chi connectivity index (χ0) is 9.57. The van der Waals surface area contributed by atoms with E-state index in [1.807, 2.05) is 6.08 Å². The van der Waals surface area contributed by atoms with Crippen molar-refractivity contribution in [3.05, 3.63) is 24.8 Å². The molecule has 0 heteroatoms. The smallest absolute Gasteiger partial charge is 0.0118 e. The molecule has 1 aliphatic carbocycles. The van der Waals surface area contributed by atoms with E-state index in [4.69, 9.17) is 0 Å². The van der Waals surface area contributed by atoms with Gasteiger partial charge in [-0.25, -0.2) is 0 Å². The summed E-state index contributed by atoms with van der Waals surface area (Å²) in [6, 6.07) is 0. The SMILES string of the molecule is C=CCCCC1(C=CCC)CCC1. The molecule has 0 unspecified atom stereocenters. The maximum Gasteiger partial charge on any atom is -0.0118 e. The number of allylic oxidation sites excluding steroid dienone is 3. The summed E-state index contributed by atoms with van der Waals surface area (Å²) in [5.74, 6) is 0. The Hall–Kier alpha value is -0.520. The first-order valence-corrected chi connectivity index (χ1v) is 5.61. The number of hydrogen-bond donors (Lipinski definition) is 0. The number of rotatable bonds is 6. The van der Waals surface area contributed by atoms with E-state index in [1.165, 1.54) is 44.9 Å². The first-order valence-electron chi connectivity index (χ1n) is 5.61. The lowest BCUT2D eigenvalue weighted by Crippen LogP contribution is -2.26. The van der Waals surface area contributed by atoms with Crippen molar-refractivity contribution in [2.75, 3.05) is 0 Å². The maximum atomic E-state index is 3.77. The third-order valence-corrected chi connectivity index (χ3v) is 3.14. The fraction of sp³-hybridized carbons (Fsp3) is 0.692. The molecule has 0 spiro atoms. The molecule has 1 rings (SSSR count). The van der Waals surface area contributed by atoms with Crippen LogP contribution in [0.5, 0.6) is 0 Å². The molecule has 1 fully saturated rings. The van der Waals surface area contributed by atoms with Gasteiger partial charge in [0.1, 0.15) is 0 Å². The van der Waals surface area contributed by atoms with Crippen LogP contribution in [-0.2, 0) is 0 Å². The molecule has 0 saturated heterocycles. The molecular weight excluding hydrogens is 156 g/mol. The standard InChI is InChI=1S/C13H22/c1-3-5-7-10-13(9-6-4-2)11-8-12-13/h3,6,9H,1,4-5,7-8,10-12H2,2H3. The van der Waals surface area contributed by atoms with E-state index < -0.39 is 0 Å². The van der Waals surface area contributed by atoms with E-state index >= 15 is 0 Å². The van der Waals surface area contributed by atoms with Gasteiger partial charge in [-0.2, -0.15) is 0 Å². The summed E-state index contributed by atoms with van der Waals surface area (Å²) in [6.07, 6.45) is 16.2. The molecule has 13 heavy (non-hydrogen) atoms. The van der Waals surface area contributed by atoms with Crippen LogP contribution in [0.3, 0.4) is 0 Å². The quantitative estimate of drug-likeness (QED) is 0.415. The van der Waals surface area contributed by atoms with Crippen molar-refractivity contribution >= 4 is 0 Å². The van der Waals surface area contributed by atoms with Gasteiger partial charge in [0.25, 0.3) is 0 Å². The second-order valence-electron chi connectivity index (χ2n) is 4.21. The summed E-state index contributed by atoms with van der Waals surface area (Å²) < 4.78 is 0. The van der Waals surface area contributed by atoms with Gasteiger partial charge in [-0.3, -0.25) is 0 Å². The Labute approximate surface area is 82.7 Å². The lowest BCUT2D eigenvalue weighted by atomic mass is 9.66. The minimum atomic E-state index is 0.596. The van der Waals surface area contributed by atoms with Crippen LogP contribution in [0, 0.1) is 5.41 Å². The van der Waals surface area contributed by atoms with Gasteiger partial charge < -0.3 is 0 Å². The van der Waals surface area contributed by atoms with Crippen molar-refractivity contribution in [1.29, 1.82) is 0 Å². The predicted molar refractivity (Wildman–Crippen MR) is 59.8 cm³/mol. The van der Waals surface area contributed by atoms with Crippen LogP contribution in [0.25, 0.3) is 0 Å². The van der Waals surface area contributed by atoms with Crippen molar-refractivity contribution in [2.45, 2.75) is 51.9 Å². The van der Waals surface area contributed by atoms with Crippen molar-refractivity contribution < 1.29 is 0 Å². The Kier molecular flexibility index (Phi) is 4.27. The Bertz CT molecular complexity index is 172. The van der Waals surface area contributed by atoms with Crippen LogP contribution in [0.1, 0.15) is 51.9 Å². The highest BCUT2D eigenvalue weighted by molar-refractivity contribution is 5.04. The summed E-state index contributed by atoms with van der Waals surface area (Å²) in [7, 11) is 0. The molecule has 0 N–H and O–H groups in total. The van der Waals surface area contributed by atoms with E-state index in [-0.39, 0.29) is 0 Å². The highest BCUT2D eigenvalue weighted by Gasteiger charge is 2.32. The highest BCUT2D eigenvalue weighted by atomic mass is 14.4. The van der Waals surface area contributed by atoms with Gasteiger partial charge in [-0.15, -0.1) is 6.58 Å². The monoisotopic (exact) mass is 178 g/mol. The van der Waals surface area contributed by atoms with E-state index in [0.29, 0.717) is 5.41 Å². The molecule has 1 aliphatic rings. The van der Waals surface area contributed by atoms with Gasteiger partial charge in [0, 0.05) is 0 Å². The van der Waals surface area contributed by atoms with E-state index in [1.54, 1.807) is 0 Å². The summed E-state index contributed by atoms with van der Waals surface area (Å²) in [5.41, 5.74) is 0.596. The zero-order valence-corrected chi connectivity index (χ0v) is 8.89. The first kappa shape index (κ1) is 10.6. The normalized spacial score (nSPS) is 20.1. The second kappa shape index (κ2) is 5.26. The number of hydrogen-bond acceptors (Lipinski definition) is 0. The molecule has 0 aromatic heterocycles.